The first kappa shape index (κ1) is 22.4. The van der Waals surface area contributed by atoms with Crippen molar-refractivity contribution in [1.82, 2.24) is 5.32 Å². The second-order valence-corrected chi connectivity index (χ2v) is 6.33. The van der Waals surface area contributed by atoms with Gasteiger partial charge in [-0.05, 0) is 51.6 Å². The maximum atomic E-state index is 11.5. The smallest absolute Gasteiger partial charge is 0.305 e. The largest absolute Gasteiger partial charge is 0.466 e. The summed E-state index contributed by atoms with van der Waals surface area (Å²) in [4.78, 5) is 11.5. The Bertz CT molecular complexity index is 247. The third-order valence-electron chi connectivity index (χ3n) is 4.01. The van der Waals surface area contributed by atoms with Crippen LogP contribution in [0.25, 0.3) is 0 Å². The zero-order valence-corrected chi connectivity index (χ0v) is 15.3. The number of hydrogen-bond acceptors (Lipinski definition) is 4. The predicted octanol–water partition coefficient (Wildman–Crippen LogP) is 4.20. The van der Waals surface area contributed by atoms with E-state index >= 15 is 0 Å². The van der Waals surface area contributed by atoms with Crippen LogP contribution in [0.1, 0.15) is 90.4 Å². The second-order valence-electron chi connectivity index (χ2n) is 6.33. The highest BCUT2D eigenvalue weighted by atomic mass is 16.5. The molecule has 0 aromatic rings. The number of unbranched alkanes of at least 4 members (excludes halogenated alkanes) is 9. The number of carbonyl (C=O) groups excluding carboxylic acids is 1. The van der Waals surface area contributed by atoms with Gasteiger partial charge in [0.05, 0.1) is 6.61 Å². The van der Waals surface area contributed by atoms with E-state index in [1.54, 1.807) is 0 Å². The summed E-state index contributed by atoms with van der Waals surface area (Å²) in [5.41, 5.74) is 0. The predicted molar refractivity (Wildman–Crippen MR) is 96.6 cm³/mol. The van der Waals surface area contributed by atoms with Gasteiger partial charge in [-0.1, -0.05) is 45.4 Å². The molecule has 0 rings (SSSR count). The molecule has 0 saturated heterocycles. The van der Waals surface area contributed by atoms with Crippen LogP contribution in [0.15, 0.2) is 0 Å². The molecule has 0 aromatic carbocycles. The molecule has 4 heteroatoms. The van der Waals surface area contributed by atoms with Gasteiger partial charge in [-0.15, -0.1) is 0 Å². The van der Waals surface area contributed by atoms with Gasteiger partial charge in [0.25, 0.3) is 0 Å². The Hall–Kier alpha value is -0.610. The number of ether oxygens (including phenoxy) is 1. The molecule has 0 spiro atoms. The van der Waals surface area contributed by atoms with E-state index in [1.807, 2.05) is 0 Å². The average Bonchev–Trinajstić information content (AvgIpc) is 2.56. The van der Waals surface area contributed by atoms with Crippen LogP contribution in [0.5, 0.6) is 0 Å². The summed E-state index contributed by atoms with van der Waals surface area (Å²) in [5, 5.41) is 12.1. The first-order valence-electron chi connectivity index (χ1n) is 9.78. The molecule has 0 aliphatic rings. The van der Waals surface area contributed by atoms with Crippen LogP contribution in [0, 0.1) is 0 Å². The van der Waals surface area contributed by atoms with E-state index in [0.717, 1.165) is 51.6 Å². The Balaban J connectivity index is 3.11. The zero-order chi connectivity index (χ0) is 17.0. The molecule has 0 unspecified atom stereocenters. The van der Waals surface area contributed by atoms with E-state index in [-0.39, 0.29) is 5.97 Å². The molecule has 2 N–H and O–H groups in total. The minimum atomic E-state index is -0.0255. The minimum absolute atomic E-state index is 0.0255. The number of rotatable bonds is 18. The van der Waals surface area contributed by atoms with Gasteiger partial charge < -0.3 is 15.2 Å². The average molecular weight is 330 g/mol. The number of nitrogens with one attached hydrogen (secondary N) is 1. The van der Waals surface area contributed by atoms with Gasteiger partial charge in [-0.2, -0.15) is 0 Å². The van der Waals surface area contributed by atoms with Crippen molar-refractivity contribution < 1.29 is 14.6 Å². The lowest BCUT2D eigenvalue weighted by Gasteiger charge is -2.06. The number of aliphatic hydroxyl groups is 1. The summed E-state index contributed by atoms with van der Waals surface area (Å²) in [6.07, 6.45) is 14.1. The lowest BCUT2D eigenvalue weighted by molar-refractivity contribution is -0.143. The van der Waals surface area contributed by atoms with E-state index < -0.39 is 0 Å². The lowest BCUT2D eigenvalue weighted by atomic mass is 10.1. The van der Waals surface area contributed by atoms with Crippen LogP contribution in [0.4, 0.5) is 0 Å². The molecule has 0 aromatic heterocycles. The Kier molecular flexibility index (Phi) is 18.9. The third-order valence-corrected chi connectivity index (χ3v) is 4.01. The number of esters is 1. The highest BCUT2D eigenvalue weighted by molar-refractivity contribution is 5.69. The molecular weight excluding hydrogens is 290 g/mol. The van der Waals surface area contributed by atoms with Crippen LogP contribution < -0.4 is 5.32 Å². The van der Waals surface area contributed by atoms with Crippen LogP contribution in [-0.2, 0) is 9.53 Å². The van der Waals surface area contributed by atoms with Crippen molar-refractivity contribution in [1.29, 1.82) is 0 Å². The Morgan fingerprint density at radius 2 is 1.43 bits per heavy atom. The lowest BCUT2D eigenvalue weighted by Crippen LogP contribution is -2.16. The fraction of sp³-hybridized carbons (Fsp3) is 0.947. The zero-order valence-electron chi connectivity index (χ0n) is 15.3. The topological polar surface area (TPSA) is 58.6 Å². The Morgan fingerprint density at radius 1 is 0.826 bits per heavy atom. The molecule has 0 heterocycles. The number of aliphatic hydroxyl groups excluding tert-OH is 1. The summed E-state index contributed by atoms with van der Waals surface area (Å²) in [6.45, 7) is 5.21. The van der Waals surface area contributed by atoms with Crippen molar-refractivity contribution in [3.63, 3.8) is 0 Å². The molecule has 0 atom stereocenters. The minimum Gasteiger partial charge on any atom is -0.466 e. The molecule has 0 amide bonds. The standard InChI is InChI=1S/C19H39NO3/c1-2-3-4-7-13-18-23-19(22)14-9-5-6-10-15-20-16-11-8-12-17-21/h20-21H,2-18H2,1H3. The van der Waals surface area contributed by atoms with Gasteiger partial charge >= 0.3 is 5.97 Å². The Labute approximate surface area is 143 Å². The van der Waals surface area contributed by atoms with Gasteiger partial charge in [0.1, 0.15) is 0 Å². The van der Waals surface area contributed by atoms with Crippen LogP contribution >= 0.6 is 0 Å². The summed E-state index contributed by atoms with van der Waals surface area (Å²) in [7, 11) is 0. The molecule has 0 saturated carbocycles. The van der Waals surface area contributed by atoms with E-state index in [4.69, 9.17) is 9.84 Å². The number of carbonyl (C=O) groups is 1. The van der Waals surface area contributed by atoms with Gasteiger partial charge in [-0.25, -0.2) is 0 Å². The van der Waals surface area contributed by atoms with Gasteiger partial charge in [0.2, 0.25) is 0 Å². The van der Waals surface area contributed by atoms with E-state index in [0.29, 0.717) is 19.6 Å². The monoisotopic (exact) mass is 329 g/mol. The molecule has 138 valence electrons. The summed E-state index contributed by atoms with van der Waals surface area (Å²) in [5.74, 6) is -0.0255. The number of hydrogen-bond donors (Lipinski definition) is 2. The molecule has 0 fully saturated rings. The first-order chi connectivity index (χ1) is 11.3. The van der Waals surface area contributed by atoms with Crippen molar-refractivity contribution in [2.45, 2.75) is 90.4 Å². The van der Waals surface area contributed by atoms with Crippen molar-refractivity contribution in [2.75, 3.05) is 26.3 Å². The third kappa shape index (κ3) is 19.3. The maximum Gasteiger partial charge on any atom is 0.305 e. The molecule has 4 nitrogen and oxygen atoms in total. The van der Waals surface area contributed by atoms with E-state index in [9.17, 15) is 4.79 Å². The fourth-order valence-electron chi connectivity index (χ4n) is 2.50. The van der Waals surface area contributed by atoms with Crippen molar-refractivity contribution in [3.8, 4) is 0 Å². The van der Waals surface area contributed by atoms with Gasteiger partial charge in [0.15, 0.2) is 0 Å². The molecule has 0 aliphatic carbocycles. The van der Waals surface area contributed by atoms with Gasteiger partial charge in [-0.3, -0.25) is 4.79 Å². The van der Waals surface area contributed by atoms with Crippen molar-refractivity contribution in [2.24, 2.45) is 0 Å². The second kappa shape index (κ2) is 19.4. The van der Waals surface area contributed by atoms with Crippen LogP contribution in [0.2, 0.25) is 0 Å². The molecule has 0 aliphatic heterocycles. The molecular formula is C19H39NO3. The van der Waals surface area contributed by atoms with Crippen LogP contribution in [-0.4, -0.2) is 37.4 Å². The quantitative estimate of drug-likeness (QED) is 0.292. The van der Waals surface area contributed by atoms with E-state index in [2.05, 4.69) is 12.2 Å². The first-order valence-corrected chi connectivity index (χ1v) is 9.78. The van der Waals surface area contributed by atoms with Gasteiger partial charge in [0, 0.05) is 13.0 Å². The molecule has 0 radical (unpaired) electrons. The summed E-state index contributed by atoms with van der Waals surface area (Å²) >= 11 is 0. The highest BCUT2D eigenvalue weighted by Crippen LogP contribution is 2.06. The SMILES string of the molecule is CCCCCCCOC(=O)CCCCCCNCCCCCO. The normalized spacial score (nSPS) is 10.9. The molecule has 0 bridgehead atoms. The van der Waals surface area contributed by atoms with Crippen LogP contribution in [0.3, 0.4) is 0 Å². The highest BCUT2D eigenvalue weighted by Gasteiger charge is 2.02. The van der Waals surface area contributed by atoms with E-state index in [1.165, 1.54) is 38.5 Å². The summed E-state index contributed by atoms with van der Waals surface area (Å²) < 4.78 is 5.25. The molecule has 23 heavy (non-hydrogen) atoms. The summed E-state index contributed by atoms with van der Waals surface area (Å²) in [6, 6.07) is 0. The van der Waals surface area contributed by atoms with Crippen molar-refractivity contribution in [3.05, 3.63) is 0 Å². The van der Waals surface area contributed by atoms with Crippen molar-refractivity contribution >= 4 is 5.97 Å². The Morgan fingerprint density at radius 3 is 2.13 bits per heavy atom. The fourth-order valence-corrected chi connectivity index (χ4v) is 2.50. The maximum absolute atomic E-state index is 11.5.